The number of ether oxygens (including phenoxy) is 1. The third kappa shape index (κ3) is 3.51. The van der Waals surface area contributed by atoms with Crippen molar-refractivity contribution in [2.45, 2.75) is 26.4 Å². The molecule has 3 N–H and O–H groups in total. The molecule has 1 amide bonds. The summed E-state index contributed by atoms with van der Waals surface area (Å²) in [6, 6.07) is 3.31. The average Bonchev–Trinajstić information content (AvgIpc) is 2.24. The smallest absolute Gasteiger partial charge is 0.234 e. The van der Waals surface area contributed by atoms with E-state index in [-0.39, 0.29) is 11.9 Å². The second-order valence-electron chi connectivity index (χ2n) is 3.64. The molecule has 5 nitrogen and oxygen atoms in total. The van der Waals surface area contributed by atoms with Gasteiger partial charge in [0.25, 0.3) is 0 Å². The molecule has 0 bridgehead atoms. The van der Waals surface area contributed by atoms with Gasteiger partial charge in [0.15, 0.2) is 0 Å². The number of carbonyl (C=O) groups excluding carboxylic acids is 1. The number of pyridine rings is 1. The van der Waals surface area contributed by atoms with Gasteiger partial charge in [0, 0.05) is 24.4 Å². The van der Waals surface area contributed by atoms with Crippen molar-refractivity contribution >= 4 is 5.91 Å². The number of rotatable bonds is 5. The van der Waals surface area contributed by atoms with E-state index in [4.69, 9.17) is 10.5 Å². The van der Waals surface area contributed by atoms with Crippen molar-refractivity contribution in [1.82, 2.24) is 10.3 Å². The van der Waals surface area contributed by atoms with Crippen LogP contribution in [0.4, 0.5) is 0 Å². The minimum absolute atomic E-state index is 0.367. The van der Waals surface area contributed by atoms with Gasteiger partial charge in [-0.15, -0.1) is 0 Å². The highest BCUT2D eigenvalue weighted by atomic mass is 16.5. The van der Waals surface area contributed by atoms with Gasteiger partial charge in [-0.2, -0.15) is 0 Å². The van der Waals surface area contributed by atoms with Crippen LogP contribution in [-0.2, 0) is 11.3 Å². The predicted octanol–water partition coefficient (Wildman–Crippen LogP) is 0.362. The van der Waals surface area contributed by atoms with Crippen molar-refractivity contribution in [2.24, 2.45) is 5.73 Å². The van der Waals surface area contributed by atoms with Gasteiger partial charge in [0.1, 0.15) is 5.75 Å². The van der Waals surface area contributed by atoms with Crippen LogP contribution in [0.25, 0.3) is 0 Å². The number of nitrogens with two attached hydrogens (primary N) is 1. The van der Waals surface area contributed by atoms with Crippen LogP contribution in [0.3, 0.4) is 0 Å². The van der Waals surface area contributed by atoms with Crippen molar-refractivity contribution in [1.29, 1.82) is 0 Å². The average molecular weight is 223 g/mol. The lowest BCUT2D eigenvalue weighted by Gasteiger charge is -2.10. The Bertz CT molecular complexity index is 379. The number of primary amides is 1. The van der Waals surface area contributed by atoms with E-state index in [1.807, 2.05) is 19.1 Å². The number of aryl methyl sites for hydroxylation is 1. The standard InChI is InChI=1S/C11H17N3O2/c1-7-4-10(16-3)5-9(14-7)6-13-8(2)11(12)15/h4-5,8,13H,6H2,1-3H3,(H2,12,15). The molecule has 0 saturated carbocycles. The maximum absolute atomic E-state index is 10.8. The molecule has 0 aliphatic rings. The number of hydrogen-bond donors (Lipinski definition) is 2. The van der Waals surface area contributed by atoms with Crippen LogP contribution in [0.15, 0.2) is 12.1 Å². The van der Waals surface area contributed by atoms with Crippen LogP contribution in [0.5, 0.6) is 5.75 Å². The second kappa shape index (κ2) is 5.46. The van der Waals surface area contributed by atoms with Gasteiger partial charge in [-0.1, -0.05) is 0 Å². The first-order chi connectivity index (χ1) is 7.52. The molecule has 0 spiro atoms. The van der Waals surface area contributed by atoms with Gasteiger partial charge in [0.2, 0.25) is 5.91 Å². The summed E-state index contributed by atoms with van der Waals surface area (Å²) in [5.41, 5.74) is 6.84. The molecular formula is C11H17N3O2. The fourth-order valence-electron chi connectivity index (χ4n) is 1.27. The van der Waals surface area contributed by atoms with Crippen LogP contribution in [0.2, 0.25) is 0 Å². The number of methoxy groups -OCH3 is 1. The molecule has 1 rings (SSSR count). The minimum atomic E-state index is -0.375. The molecule has 1 aromatic rings. The van der Waals surface area contributed by atoms with Gasteiger partial charge in [-0.25, -0.2) is 0 Å². The Hall–Kier alpha value is -1.62. The Balaban J connectivity index is 2.66. The van der Waals surface area contributed by atoms with Crippen LogP contribution in [0.1, 0.15) is 18.3 Å². The Kier molecular flexibility index (Phi) is 4.25. The van der Waals surface area contributed by atoms with Crippen molar-refractivity contribution < 1.29 is 9.53 Å². The molecule has 88 valence electrons. The fraction of sp³-hybridized carbons (Fsp3) is 0.455. The van der Waals surface area contributed by atoms with Crippen molar-refractivity contribution in [2.75, 3.05) is 7.11 Å². The fourth-order valence-corrected chi connectivity index (χ4v) is 1.27. The molecule has 1 aromatic heterocycles. The zero-order valence-corrected chi connectivity index (χ0v) is 9.78. The van der Waals surface area contributed by atoms with E-state index in [1.165, 1.54) is 0 Å². The van der Waals surface area contributed by atoms with Crippen molar-refractivity contribution in [3.8, 4) is 5.75 Å². The molecule has 0 fully saturated rings. The zero-order chi connectivity index (χ0) is 12.1. The third-order valence-electron chi connectivity index (χ3n) is 2.23. The molecule has 0 saturated heterocycles. The molecule has 0 aliphatic carbocycles. The highest BCUT2D eigenvalue weighted by Gasteiger charge is 2.08. The number of aromatic nitrogens is 1. The summed E-state index contributed by atoms with van der Waals surface area (Å²) in [5, 5.41) is 2.98. The molecule has 0 radical (unpaired) electrons. The van der Waals surface area contributed by atoms with Crippen LogP contribution in [-0.4, -0.2) is 24.0 Å². The Morgan fingerprint density at radius 3 is 2.88 bits per heavy atom. The largest absolute Gasteiger partial charge is 0.497 e. The van der Waals surface area contributed by atoms with Gasteiger partial charge >= 0.3 is 0 Å². The highest BCUT2D eigenvalue weighted by molar-refractivity contribution is 5.79. The first-order valence-electron chi connectivity index (χ1n) is 5.07. The lowest BCUT2D eigenvalue weighted by atomic mass is 10.2. The lowest BCUT2D eigenvalue weighted by molar-refractivity contribution is -0.119. The summed E-state index contributed by atoms with van der Waals surface area (Å²) in [4.78, 5) is 15.1. The van der Waals surface area contributed by atoms with Gasteiger partial charge in [-0.05, 0) is 13.8 Å². The first kappa shape index (κ1) is 12.4. The Morgan fingerprint density at radius 2 is 2.31 bits per heavy atom. The van der Waals surface area contributed by atoms with Crippen molar-refractivity contribution in [3.63, 3.8) is 0 Å². The number of hydrogen-bond acceptors (Lipinski definition) is 4. The van der Waals surface area contributed by atoms with Crippen LogP contribution < -0.4 is 15.8 Å². The van der Waals surface area contributed by atoms with Crippen molar-refractivity contribution in [3.05, 3.63) is 23.5 Å². The summed E-state index contributed by atoms with van der Waals surface area (Å²) in [5.74, 6) is 0.385. The quantitative estimate of drug-likeness (QED) is 0.755. The van der Waals surface area contributed by atoms with E-state index >= 15 is 0 Å². The van der Waals surface area contributed by atoms with Crippen LogP contribution >= 0.6 is 0 Å². The van der Waals surface area contributed by atoms with E-state index in [0.29, 0.717) is 6.54 Å². The number of nitrogens with zero attached hydrogens (tertiary/aromatic N) is 1. The minimum Gasteiger partial charge on any atom is -0.497 e. The molecule has 0 aliphatic heterocycles. The summed E-state index contributed by atoms with van der Waals surface area (Å²) in [7, 11) is 1.61. The number of carbonyl (C=O) groups is 1. The van der Waals surface area contributed by atoms with E-state index < -0.39 is 0 Å². The maximum atomic E-state index is 10.8. The number of nitrogens with one attached hydrogen (secondary N) is 1. The summed E-state index contributed by atoms with van der Waals surface area (Å²) in [6.07, 6.45) is 0. The SMILES string of the molecule is COc1cc(C)nc(CNC(C)C(N)=O)c1. The van der Waals surface area contributed by atoms with E-state index in [2.05, 4.69) is 10.3 Å². The third-order valence-corrected chi connectivity index (χ3v) is 2.23. The molecule has 1 unspecified atom stereocenters. The van der Waals surface area contributed by atoms with E-state index in [0.717, 1.165) is 17.1 Å². The monoisotopic (exact) mass is 223 g/mol. The molecule has 5 heteroatoms. The van der Waals surface area contributed by atoms with E-state index in [9.17, 15) is 4.79 Å². The molecule has 1 heterocycles. The first-order valence-corrected chi connectivity index (χ1v) is 5.07. The summed E-state index contributed by atoms with van der Waals surface area (Å²) < 4.78 is 5.13. The summed E-state index contributed by atoms with van der Waals surface area (Å²) >= 11 is 0. The number of amides is 1. The zero-order valence-electron chi connectivity index (χ0n) is 9.78. The molecule has 1 atom stereocenters. The highest BCUT2D eigenvalue weighted by Crippen LogP contribution is 2.13. The Morgan fingerprint density at radius 1 is 1.62 bits per heavy atom. The van der Waals surface area contributed by atoms with Crippen LogP contribution in [0, 0.1) is 6.92 Å². The lowest BCUT2D eigenvalue weighted by Crippen LogP contribution is -2.38. The topological polar surface area (TPSA) is 77.2 Å². The van der Waals surface area contributed by atoms with Gasteiger partial charge in [-0.3, -0.25) is 9.78 Å². The Labute approximate surface area is 95.0 Å². The molecule has 0 aromatic carbocycles. The molecular weight excluding hydrogens is 206 g/mol. The summed E-state index contributed by atoms with van der Waals surface area (Å²) in [6.45, 7) is 4.10. The second-order valence-corrected chi connectivity index (χ2v) is 3.64. The maximum Gasteiger partial charge on any atom is 0.234 e. The van der Waals surface area contributed by atoms with Gasteiger partial charge in [0.05, 0.1) is 18.8 Å². The van der Waals surface area contributed by atoms with E-state index in [1.54, 1.807) is 14.0 Å². The predicted molar refractivity (Wildman–Crippen MR) is 61.0 cm³/mol. The molecule has 16 heavy (non-hydrogen) atoms. The normalized spacial score (nSPS) is 12.2. The van der Waals surface area contributed by atoms with Gasteiger partial charge < -0.3 is 15.8 Å².